The van der Waals surface area contributed by atoms with Crippen molar-refractivity contribution in [2.75, 3.05) is 0 Å². The van der Waals surface area contributed by atoms with Crippen LogP contribution < -0.4 is 10.7 Å². The van der Waals surface area contributed by atoms with Gasteiger partial charge in [0.15, 0.2) is 30.6 Å². The fourth-order valence-corrected chi connectivity index (χ4v) is 11.5. The maximum atomic E-state index is 6.64. The maximum Gasteiger partial charge on any atom is 0.193 e. The second kappa shape index (κ2) is 9.37. The summed E-state index contributed by atoms with van der Waals surface area (Å²) in [5, 5.41) is 1.42. The minimum atomic E-state index is -2.30. The molecule has 0 spiro atoms. The van der Waals surface area contributed by atoms with Gasteiger partial charge in [-0.2, -0.15) is 0 Å². The number of hydrogen-bond donors (Lipinski definition) is 0. The van der Waals surface area contributed by atoms with Crippen molar-refractivity contribution in [2.45, 2.75) is 52.1 Å². The molecule has 0 radical (unpaired) electrons. The highest BCUT2D eigenvalue weighted by molar-refractivity contribution is 6.89. The maximum absolute atomic E-state index is 6.64. The molecule has 46 heavy (non-hydrogen) atoms. The van der Waals surface area contributed by atoms with E-state index in [0.29, 0.717) is 11.9 Å². The second-order valence-corrected chi connectivity index (χ2v) is 23.4. The summed E-state index contributed by atoms with van der Waals surface area (Å²) in [5.74, 6) is 0.703. The van der Waals surface area contributed by atoms with Crippen molar-refractivity contribution in [2.24, 2.45) is 0 Å². The lowest BCUT2D eigenvalue weighted by molar-refractivity contribution is 0.548. The normalized spacial score (nSPS) is 15.8. The van der Waals surface area contributed by atoms with E-state index >= 15 is 0 Å². The molecule has 8 aromatic rings. The van der Waals surface area contributed by atoms with Crippen molar-refractivity contribution in [3.8, 4) is 11.4 Å². The number of aromatic nitrogens is 6. The van der Waals surface area contributed by atoms with Crippen molar-refractivity contribution in [1.29, 1.82) is 0 Å². The van der Waals surface area contributed by atoms with Gasteiger partial charge in [-0.15, -0.1) is 0 Å². The average molecular weight is 639 g/mol. The largest absolute Gasteiger partial charge is 0.445 e. The summed E-state index contributed by atoms with van der Waals surface area (Å²) in [7, 11) is -4.10. The molecule has 3 aliphatic rings. The molecule has 0 N–H and O–H groups in total. The first-order valence-electron chi connectivity index (χ1n) is 15.8. The van der Waals surface area contributed by atoms with Gasteiger partial charge < -0.3 is 8.83 Å². The molecule has 8 bridgehead atoms. The van der Waals surface area contributed by atoms with Crippen molar-refractivity contribution >= 4 is 71.1 Å². The Labute approximate surface area is 267 Å². The summed E-state index contributed by atoms with van der Waals surface area (Å²) in [4.78, 5) is 19.9. The van der Waals surface area contributed by atoms with Gasteiger partial charge in [0.2, 0.25) is 0 Å². The standard InChI is InChI=1S/C36H34N6O2Si2/c1-21-15-27-32-30-34(21)43-29(39-30)18-46(5,6)36-40-31-33-28(16-22(2)35(31)44-36)38-20-42(33)25-11-13-26(14-12-25)45(3,4)17-23-7-9-24(10-8-23)41(32)19-37-27/h7-16,19-20H,17-18H2,1-6H3. The van der Waals surface area contributed by atoms with E-state index in [1.54, 1.807) is 0 Å². The molecule has 3 aliphatic heterocycles. The van der Waals surface area contributed by atoms with Crippen LogP contribution in [0.25, 0.3) is 55.6 Å². The molecular formula is C36H34N6O2Si2. The Balaban J connectivity index is 1.30. The van der Waals surface area contributed by atoms with Gasteiger partial charge in [0.1, 0.15) is 34.7 Å². The van der Waals surface area contributed by atoms with Gasteiger partial charge in [0, 0.05) is 17.4 Å². The topological polar surface area (TPSA) is 87.7 Å². The van der Waals surface area contributed by atoms with Gasteiger partial charge in [-0.05, 0) is 67.4 Å². The number of rotatable bonds is 0. The van der Waals surface area contributed by atoms with Crippen molar-refractivity contribution in [1.82, 2.24) is 29.1 Å². The predicted molar refractivity (Wildman–Crippen MR) is 188 cm³/mol. The third kappa shape index (κ3) is 4.02. The number of benzene rings is 4. The van der Waals surface area contributed by atoms with Gasteiger partial charge in [-0.25, -0.2) is 19.9 Å². The van der Waals surface area contributed by atoms with Crippen molar-refractivity contribution in [3.63, 3.8) is 0 Å². The number of aryl methyl sites for hydroxylation is 2. The molecule has 228 valence electrons. The molecule has 0 atom stereocenters. The Morgan fingerprint density at radius 2 is 1.17 bits per heavy atom. The third-order valence-electron chi connectivity index (χ3n) is 9.72. The molecule has 0 saturated heterocycles. The van der Waals surface area contributed by atoms with E-state index in [4.69, 9.17) is 28.8 Å². The van der Waals surface area contributed by atoms with Crippen LogP contribution in [0.2, 0.25) is 26.2 Å². The Bertz CT molecular complexity index is 2500. The molecule has 0 saturated carbocycles. The van der Waals surface area contributed by atoms with Gasteiger partial charge in [-0.1, -0.05) is 61.2 Å². The summed E-state index contributed by atoms with van der Waals surface area (Å²) in [5.41, 5.74) is 13.4. The lowest BCUT2D eigenvalue weighted by Crippen LogP contribution is -2.45. The summed E-state index contributed by atoms with van der Waals surface area (Å²) in [6.07, 6.45) is 3.81. The number of hydrogen-bond acceptors (Lipinski definition) is 6. The van der Waals surface area contributed by atoms with Gasteiger partial charge >= 0.3 is 0 Å². The SMILES string of the molecule is Cc1cc2ncn3c2c2nc(oc12)C[Si](C)(C)c1nc2c(o1)c(C)cc1ncn(c12)-c1ccc(cc1)[Si](C)(C)Cc1ccc-3cc1. The summed E-state index contributed by atoms with van der Waals surface area (Å²) < 4.78 is 17.5. The monoisotopic (exact) mass is 638 g/mol. The summed E-state index contributed by atoms with van der Waals surface area (Å²) in [6, 6.07) is 23.9. The highest BCUT2D eigenvalue weighted by Crippen LogP contribution is 2.33. The molecule has 10 heteroatoms. The molecule has 4 aromatic heterocycles. The predicted octanol–water partition coefficient (Wildman–Crippen LogP) is 6.97. The van der Waals surface area contributed by atoms with Crippen LogP contribution in [0.15, 0.2) is 82.2 Å². The highest BCUT2D eigenvalue weighted by Gasteiger charge is 2.34. The first-order chi connectivity index (χ1) is 22.1. The lowest BCUT2D eigenvalue weighted by atomic mass is 10.1. The van der Waals surface area contributed by atoms with E-state index in [2.05, 4.69) is 110 Å². The molecule has 0 aliphatic carbocycles. The number of fused-ring (bicyclic) bond motifs is 2. The van der Waals surface area contributed by atoms with Gasteiger partial charge in [0.05, 0.1) is 19.1 Å². The Morgan fingerprint density at radius 1 is 0.630 bits per heavy atom. The van der Waals surface area contributed by atoms with Crippen LogP contribution in [0.4, 0.5) is 0 Å². The van der Waals surface area contributed by atoms with Crippen LogP contribution >= 0.6 is 0 Å². The molecular weight excluding hydrogens is 605 g/mol. The Kier molecular flexibility index (Phi) is 5.60. The summed E-state index contributed by atoms with van der Waals surface area (Å²) >= 11 is 0. The summed E-state index contributed by atoms with van der Waals surface area (Å²) in [6.45, 7) is 13.6. The van der Waals surface area contributed by atoms with Crippen LogP contribution in [0.5, 0.6) is 0 Å². The zero-order valence-corrected chi connectivity index (χ0v) is 28.8. The second-order valence-electron chi connectivity index (χ2n) is 14.2. The van der Waals surface area contributed by atoms with E-state index in [1.165, 1.54) is 10.8 Å². The third-order valence-corrected chi connectivity index (χ3v) is 15.5. The molecule has 0 fully saturated rings. The first-order valence-corrected chi connectivity index (χ1v) is 22.2. The van der Waals surface area contributed by atoms with E-state index in [-0.39, 0.29) is 0 Å². The van der Waals surface area contributed by atoms with Gasteiger partial charge in [0.25, 0.3) is 0 Å². The van der Waals surface area contributed by atoms with E-state index in [0.717, 1.165) is 78.3 Å². The van der Waals surface area contributed by atoms with E-state index < -0.39 is 16.1 Å². The van der Waals surface area contributed by atoms with Crippen molar-refractivity contribution in [3.05, 3.63) is 95.9 Å². The van der Waals surface area contributed by atoms with Gasteiger partial charge in [-0.3, -0.25) is 9.13 Å². The van der Waals surface area contributed by atoms with Crippen LogP contribution in [0, 0.1) is 13.8 Å². The van der Waals surface area contributed by atoms with Crippen LogP contribution in [0.3, 0.4) is 0 Å². The van der Waals surface area contributed by atoms with Crippen LogP contribution in [0.1, 0.15) is 22.6 Å². The average Bonchev–Trinajstić information content (AvgIpc) is 3.81. The van der Waals surface area contributed by atoms with Crippen molar-refractivity contribution < 1.29 is 8.83 Å². The smallest absolute Gasteiger partial charge is 0.193 e. The molecule has 4 aromatic carbocycles. The molecule has 7 heterocycles. The minimum absolute atomic E-state index is 0.654. The number of oxazole rings is 2. The quantitative estimate of drug-likeness (QED) is 0.167. The molecule has 0 unspecified atom stereocenters. The van der Waals surface area contributed by atoms with Crippen LogP contribution in [-0.2, 0) is 12.1 Å². The lowest BCUT2D eigenvalue weighted by Gasteiger charge is -2.24. The molecule has 0 amide bonds. The van der Waals surface area contributed by atoms with E-state index in [9.17, 15) is 0 Å². The zero-order valence-electron chi connectivity index (χ0n) is 26.8. The zero-order chi connectivity index (χ0) is 31.5. The number of imidazole rings is 2. The first kappa shape index (κ1) is 27.5. The number of nitrogens with zero attached hydrogens (tertiary/aromatic N) is 6. The fraction of sp³-hybridized carbons (Fsp3) is 0.222. The highest BCUT2D eigenvalue weighted by atomic mass is 28.3. The molecule has 11 rings (SSSR count). The minimum Gasteiger partial charge on any atom is -0.445 e. The molecule has 8 nitrogen and oxygen atoms in total. The van der Waals surface area contributed by atoms with E-state index in [1.807, 2.05) is 12.7 Å². The van der Waals surface area contributed by atoms with Crippen LogP contribution in [-0.4, -0.2) is 45.2 Å². The Morgan fingerprint density at radius 3 is 1.78 bits per heavy atom. The fourth-order valence-electron chi connectivity index (χ4n) is 7.16. The Hall–Kier alpha value is -4.81.